The summed E-state index contributed by atoms with van der Waals surface area (Å²) in [6.45, 7) is 2.21. The van der Waals surface area contributed by atoms with Crippen molar-refractivity contribution in [2.45, 2.75) is 110 Å². The third-order valence-corrected chi connectivity index (χ3v) is 4.51. The monoisotopic (exact) mass is 362 g/mol. The topological polar surface area (TPSA) is 37.3 Å². The highest BCUT2D eigenvalue weighted by molar-refractivity contribution is 5.66. The molecule has 0 amide bonds. The maximum atomic E-state index is 10.4. The average Bonchev–Trinajstić information content (AvgIpc) is 2.62. The molecule has 0 aliphatic carbocycles. The van der Waals surface area contributed by atoms with Gasteiger partial charge >= 0.3 is 5.97 Å². The van der Waals surface area contributed by atoms with E-state index in [2.05, 4.69) is 43.4 Å². The maximum Gasteiger partial charge on any atom is 0.303 e. The lowest BCUT2D eigenvalue weighted by Crippen LogP contribution is -1.93. The highest BCUT2D eigenvalue weighted by atomic mass is 16.4. The Kier molecular flexibility index (Phi) is 20.6. The molecule has 0 spiro atoms. The first-order valence-corrected chi connectivity index (χ1v) is 10.9. The SMILES string of the molecule is CCCC=CCC=CCC=CCCCCCCCCCCCCC(=O)O. The minimum absolute atomic E-state index is 0.334. The molecule has 0 atom stereocenters. The Bertz CT molecular complexity index is 380. The predicted molar refractivity (Wildman–Crippen MR) is 115 cm³/mol. The van der Waals surface area contributed by atoms with Crippen LogP contribution in [0.2, 0.25) is 0 Å². The van der Waals surface area contributed by atoms with Crippen LogP contribution in [0.15, 0.2) is 36.5 Å². The number of carbonyl (C=O) groups is 1. The molecule has 0 aromatic rings. The molecule has 0 saturated carbocycles. The Morgan fingerprint density at radius 3 is 1.54 bits per heavy atom. The highest BCUT2D eigenvalue weighted by Crippen LogP contribution is 2.12. The zero-order valence-corrected chi connectivity index (χ0v) is 17.1. The van der Waals surface area contributed by atoms with Gasteiger partial charge < -0.3 is 5.11 Å². The third-order valence-electron chi connectivity index (χ3n) is 4.51. The summed E-state index contributed by atoms with van der Waals surface area (Å²) in [6.07, 6.45) is 32.2. The predicted octanol–water partition coefficient (Wildman–Crippen LogP) is 8.00. The van der Waals surface area contributed by atoms with E-state index in [0.29, 0.717) is 6.42 Å². The van der Waals surface area contributed by atoms with E-state index in [4.69, 9.17) is 5.11 Å². The highest BCUT2D eigenvalue weighted by Gasteiger charge is 1.96. The van der Waals surface area contributed by atoms with Crippen LogP contribution >= 0.6 is 0 Å². The van der Waals surface area contributed by atoms with Crippen molar-refractivity contribution >= 4 is 5.97 Å². The zero-order valence-electron chi connectivity index (χ0n) is 17.1. The van der Waals surface area contributed by atoms with Crippen LogP contribution in [0, 0.1) is 0 Å². The fourth-order valence-corrected chi connectivity index (χ4v) is 2.90. The van der Waals surface area contributed by atoms with Crippen molar-refractivity contribution in [3.63, 3.8) is 0 Å². The number of carboxylic acids is 1. The number of aliphatic carboxylic acids is 1. The van der Waals surface area contributed by atoms with Crippen LogP contribution in [0.25, 0.3) is 0 Å². The fraction of sp³-hybridized carbons (Fsp3) is 0.708. The molecule has 2 nitrogen and oxygen atoms in total. The number of rotatable bonds is 19. The molecule has 26 heavy (non-hydrogen) atoms. The van der Waals surface area contributed by atoms with Gasteiger partial charge in [-0.25, -0.2) is 0 Å². The van der Waals surface area contributed by atoms with Gasteiger partial charge in [-0.2, -0.15) is 0 Å². The summed E-state index contributed by atoms with van der Waals surface area (Å²) in [7, 11) is 0. The van der Waals surface area contributed by atoms with Gasteiger partial charge in [-0.15, -0.1) is 0 Å². The smallest absolute Gasteiger partial charge is 0.303 e. The first-order valence-electron chi connectivity index (χ1n) is 10.9. The molecule has 150 valence electrons. The minimum atomic E-state index is -0.661. The van der Waals surface area contributed by atoms with Crippen molar-refractivity contribution < 1.29 is 9.90 Å². The van der Waals surface area contributed by atoms with Crippen LogP contribution < -0.4 is 0 Å². The summed E-state index contributed by atoms with van der Waals surface area (Å²) in [5.41, 5.74) is 0. The van der Waals surface area contributed by atoms with Crippen molar-refractivity contribution in [1.29, 1.82) is 0 Å². The first kappa shape index (κ1) is 24.7. The van der Waals surface area contributed by atoms with E-state index in [-0.39, 0.29) is 0 Å². The lowest BCUT2D eigenvalue weighted by molar-refractivity contribution is -0.137. The molecule has 0 aromatic carbocycles. The fourth-order valence-electron chi connectivity index (χ4n) is 2.90. The Labute approximate surface area is 162 Å². The van der Waals surface area contributed by atoms with Gasteiger partial charge in [-0.3, -0.25) is 4.79 Å². The summed E-state index contributed by atoms with van der Waals surface area (Å²) < 4.78 is 0. The van der Waals surface area contributed by atoms with Crippen LogP contribution in [0.5, 0.6) is 0 Å². The Morgan fingerprint density at radius 2 is 1.04 bits per heavy atom. The summed E-state index contributed by atoms with van der Waals surface area (Å²) in [4.78, 5) is 10.4. The minimum Gasteiger partial charge on any atom is -0.481 e. The molecule has 0 heterocycles. The Hall–Kier alpha value is -1.31. The Balaban J connectivity index is 3.19. The van der Waals surface area contributed by atoms with E-state index in [1.54, 1.807) is 0 Å². The van der Waals surface area contributed by atoms with Crippen molar-refractivity contribution in [2.24, 2.45) is 0 Å². The van der Waals surface area contributed by atoms with Crippen LogP contribution in [0.1, 0.15) is 110 Å². The van der Waals surface area contributed by atoms with Gasteiger partial charge in [-0.1, -0.05) is 101 Å². The molecule has 0 rings (SSSR count). The number of allylic oxidation sites excluding steroid dienone is 6. The third kappa shape index (κ3) is 22.7. The normalized spacial score (nSPS) is 12.0. The summed E-state index contributed by atoms with van der Waals surface area (Å²) in [5, 5.41) is 8.56. The number of hydrogen-bond acceptors (Lipinski definition) is 1. The second-order valence-electron chi connectivity index (χ2n) is 7.14. The van der Waals surface area contributed by atoms with Crippen LogP contribution in [-0.4, -0.2) is 11.1 Å². The second kappa shape index (κ2) is 21.7. The van der Waals surface area contributed by atoms with Gasteiger partial charge in [0.15, 0.2) is 0 Å². The molecule has 0 aliphatic heterocycles. The van der Waals surface area contributed by atoms with Crippen LogP contribution in [0.3, 0.4) is 0 Å². The van der Waals surface area contributed by atoms with Crippen LogP contribution in [-0.2, 0) is 4.79 Å². The van der Waals surface area contributed by atoms with Crippen molar-refractivity contribution in [2.75, 3.05) is 0 Å². The standard InChI is InChI=1S/C24H42O2/c1-2-3-4-5-6-7-8-9-10-11-12-13-14-15-16-17-18-19-20-21-22-23-24(25)26/h4-5,7-8,10-11H,2-3,6,9,12-23H2,1H3,(H,25,26). The van der Waals surface area contributed by atoms with E-state index in [0.717, 1.165) is 25.7 Å². The first-order chi connectivity index (χ1) is 12.8. The number of carboxylic acid groups (broad SMARTS) is 1. The number of unbranched alkanes of at least 4 members (excludes halogenated alkanes) is 11. The van der Waals surface area contributed by atoms with Crippen LogP contribution in [0.4, 0.5) is 0 Å². The average molecular weight is 363 g/mol. The molecular weight excluding hydrogens is 320 g/mol. The van der Waals surface area contributed by atoms with Crippen molar-refractivity contribution in [3.05, 3.63) is 36.5 Å². The molecule has 2 heteroatoms. The molecule has 0 bridgehead atoms. The van der Waals surface area contributed by atoms with Gasteiger partial charge in [-0.05, 0) is 38.5 Å². The van der Waals surface area contributed by atoms with Gasteiger partial charge in [0.2, 0.25) is 0 Å². The maximum absolute atomic E-state index is 10.4. The molecule has 0 aromatic heterocycles. The van der Waals surface area contributed by atoms with Gasteiger partial charge in [0.05, 0.1) is 0 Å². The largest absolute Gasteiger partial charge is 0.481 e. The number of hydrogen-bond donors (Lipinski definition) is 1. The molecule has 0 unspecified atom stereocenters. The Morgan fingerprint density at radius 1 is 0.615 bits per heavy atom. The summed E-state index contributed by atoms with van der Waals surface area (Å²) in [5.74, 6) is -0.661. The molecule has 0 fully saturated rings. The van der Waals surface area contributed by atoms with E-state index in [1.165, 1.54) is 70.6 Å². The molecule has 0 radical (unpaired) electrons. The summed E-state index contributed by atoms with van der Waals surface area (Å²) >= 11 is 0. The quantitative estimate of drug-likeness (QED) is 0.187. The zero-order chi connectivity index (χ0) is 19.1. The van der Waals surface area contributed by atoms with Gasteiger partial charge in [0.1, 0.15) is 0 Å². The van der Waals surface area contributed by atoms with E-state index in [9.17, 15) is 4.79 Å². The molecular formula is C24H42O2. The molecule has 0 saturated heterocycles. The van der Waals surface area contributed by atoms with E-state index < -0.39 is 5.97 Å². The van der Waals surface area contributed by atoms with Gasteiger partial charge in [0, 0.05) is 6.42 Å². The second-order valence-corrected chi connectivity index (χ2v) is 7.14. The van der Waals surface area contributed by atoms with E-state index >= 15 is 0 Å². The summed E-state index contributed by atoms with van der Waals surface area (Å²) in [6, 6.07) is 0. The van der Waals surface area contributed by atoms with Crippen molar-refractivity contribution in [1.82, 2.24) is 0 Å². The molecule has 0 aliphatic rings. The van der Waals surface area contributed by atoms with Crippen molar-refractivity contribution in [3.8, 4) is 0 Å². The molecule has 1 N–H and O–H groups in total. The lowest BCUT2D eigenvalue weighted by Gasteiger charge is -2.01. The van der Waals surface area contributed by atoms with E-state index in [1.807, 2.05) is 0 Å². The van der Waals surface area contributed by atoms with Gasteiger partial charge in [0.25, 0.3) is 0 Å². The lowest BCUT2D eigenvalue weighted by atomic mass is 10.1.